The molecule has 2 N–H and O–H groups in total. The molecule has 82 heavy (non-hydrogen) atoms. The minimum absolute atomic E-state index is 0.00703. The molecule has 3 aromatic heterocycles. The van der Waals surface area contributed by atoms with Gasteiger partial charge >= 0.3 is 0 Å². The summed E-state index contributed by atoms with van der Waals surface area (Å²) in [5.41, 5.74) is -11.0. The molecule has 5 aromatic carbocycles. The van der Waals surface area contributed by atoms with Crippen molar-refractivity contribution in [3.63, 3.8) is 0 Å². The minimum Gasteiger partial charge on any atom is -0.455 e. The second-order valence-corrected chi connectivity index (χ2v) is 23.2. The smallest absolute Gasteiger partial charge is 0.200 e. The Morgan fingerprint density at radius 1 is 0.378 bits per heavy atom. The largest absolute Gasteiger partial charge is 0.455 e. The summed E-state index contributed by atoms with van der Waals surface area (Å²) in [5.74, 6) is -36.3. The standard InChI is InChI=1S/C61H38BrF15N4O/c1-59(2,3)21-17-23(57-24(18-21)61(7,8)25-19-22(60(4,5)6)20-26(62)58(25)82-57)35-27-9-11-29(78-27)36(39-42(63)48(69)54(75)49(70)43(39)64)31-13-15-33(80-31)38(41-46(67)52(73)56(77)53(74)47(41)68)34-16-14-32(81-34)37(30-12-10-28(35)79-30)40-44(65)50(71)55(76)51(72)45(40)66/h9-20,78,81H,1-8H3. The Balaban J connectivity index is 1.39. The van der Waals surface area contributed by atoms with E-state index in [9.17, 15) is 13.2 Å². The Kier molecular flexibility index (Phi) is 12.9. The van der Waals surface area contributed by atoms with Crippen LogP contribution in [0.3, 0.4) is 0 Å². The molecule has 0 unspecified atom stereocenters. The van der Waals surface area contributed by atoms with Crippen LogP contribution in [0.2, 0.25) is 0 Å². The molecule has 0 spiro atoms. The van der Waals surface area contributed by atoms with Gasteiger partial charge in [0, 0.05) is 66.4 Å². The minimum atomic E-state index is -2.62. The zero-order valence-corrected chi connectivity index (χ0v) is 45.4. The number of aromatic nitrogens is 4. The summed E-state index contributed by atoms with van der Waals surface area (Å²) in [7, 11) is 0. The van der Waals surface area contributed by atoms with Crippen molar-refractivity contribution in [2.45, 2.75) is 71.6 Å². The fraction of sp³-hybridized carbons (Fsp3) is 0.180. The van der Waals surface area contributed by atoms with Gasteiger partial charge in [0.2, 0.25) is 17.5 Å². The van der Waals surface area contributed by atoms with Crippen molar-refractivity contribution in [3.8, 4) is 56.0 Å². The van der Waals surface area contributed by atoms with Crippen LogP contribution in [0.5, 0.6) is 11.5 Å². The number of benzene rings is 5. The number of rotatable bonds is 4. The molecule has 0 aliphatic carbocycles. The van der Waals surface area contributed by atoms with Crippen LogP contribution in [0.15, 0.2) is 53.0 Å². The van der Waals surface area contributed by atoms with Gasteiger partial charge in [-0.05, 0) is 98.6 Å². The second-order valence-electron chi connectivity index (χ2n) is 22.3. The highest BCUT2D eigenvalue weighted by Crippen LogP contribution is 2.56. The highest BCUT2D eigenvalue weighted by molar-refractivity contribution is 9.10. The highest BCUT2D eigenvalue weighted by atomic mass is 79.9. The van der Waals surface area contributed by atoms with E-state index >= 15 is 52.7 Å². The van der Waals surface area contributed by atoms with E-state index in [0.717, 1.165) is 47.6 Å². The van der Waals surface area contributed by atoms with E-state index in [1.807, 2.05) is 73.6 Å². The van der Waals surface area contributed by atoms with Gasteiger partial charge in [0.25, 0.3) is 0 Å². The number of halogens is 16. The first-order chi connectivity index (χ1) is 38.3. The van der Waals surface area contributed by atoms with Crippen LogP contribution >= 0.6 is 15.9 Å². The Morgan fingerprint density at radius 3 is 0.988 bits per heavy atom. The lowest BCUT2D eigenvalue weighted by Crippen LogP contribution is -2.27. The Bertz CT molecular complexity index is 4290. The first kappa shape index (κ1) is 55.8. The molecule has 0 amide bonds. The van der Waals surface area contributed by atoms with E-state index in [2.05, 4.69) is 30.9 Å². The number of hydrogen-bond acceptors (Lipinski definition) is 3. The normalized spacial score (nSPS) is 13.7. The maximum Gasteiger partial charge on any atom is 0.200 e. The van der Waals surface area contributed by atoms with Crippen LogP contribution in [0, 0.1) is 87.3 Å². The molecule has 21 heteroatoms. The van der Waals surface area contributed by atoms with Crippen molar-refractivity contribution < 1.29 is 70.6 Å². The molecule has 0 saturated carbocycles. The first-order valence-corrected chi connectivity index (χ1v) is 25.6. The molecular formula is C61H38BrF15N4O. The SMILES string of the molecule is CC(C)(C)c1cc(Br)c2c(c1)C(C)(C)c1cc(C(C)(C)C)cc(-c3c4nc(c(-c5c(F)c(F)c(F)c(F)c5F)c5ccc([nH]5)c(-c5c(F)c(F)c(F)c(F)c5F)c5nc(c(-c6c(F)c(F)c(F)c(F)c6F)c6ccc3[nH]6)C=C5)C=C4)c1O2. The third-order valence-electron chi connectivity index (χ3n) is 14.8. The fourth-order valence-corrected chi connectivity index (χ4v) is 11.0. The Morgan fingerprint density at radius 2 is 0.659 bits per heavy atom. The van der Waals surface area contributed by atoms with Crippen molar-refractivity contribution in [3.05, 3.63) is 185 Å². The van der Waals surface area contributed by atoms with Gasteiger partial charge in [-0.25, -0.2) is 75.8 Å². The van der Waals surface area contributed by atoms with E-state index in [1.54, 1.807) is 6.07 Å². The van der Waals surface area contributed by atoms with Gasteiger partial charge in [0.1, 0.15) is 11.5 Å². The predicted octanol–water partition coefficient (Wildman–Crippen LogP) is 19.2. The summed E-state index contributed by atoms with van der Waals surface area (Å²) in [4.78, 5) is 14.5. The number of nitrogens with one attached hydrogen (secondary N) is 2. The van der Waals surface area contributed by atoms with Crippen LogP contribution in [0.4, 0.5) is 65.9 Å². The zero-order chi connectivity index (χ0) is 59.5. The van der Waals surface area contributed by atoms with Gasteiger partial charge in [0.05, 0.1) is 43.9 Å². The Hall–Kier alpha value is -8.07. The van der Waals surface area contributed by atoms with E-state index in [4.69, 9.17) is 9.72 Å². The molecule has 3 aliphatic rings. The van der Waals surface area contributed by atoms with Crippen molar-refractivity contribution in [2.24, 2.45) is 0 Å². The van der Waals surface area contributed by atoms with Crippen molar-refractivity contribution in [1.29, 1.82) is 0 Å². The molecule has 0 saturated heterocycles. The molecule has 5 nitrogen and oxygen atoms in total. The van der Waals surface area contributed by atoms with E-state index in [-0.39, 0.29) is 33.5 Å². The lowest BCUT2D eigenvalue weighted by atomic mass is 9.71. The van der Waals surface area contributed by atoms with Crippen LogP contribution in [0.25, 0.3) is 90.9 Å². The lowest BCUT2D eigenvalue weighted by molar-refractivity contribution is 0.381. The van der Waals surface area contributed by atoms with E-state index in [0.29, 0.717) is 21.3 Å². The number of fused-ring (bicyclic) bond motifs is 10. The van der Waals surface area contributed by atoms with Crippen LogP contribution in [0.1, 0.15) is 100 Å². The van der Waals surface area contributed by atoms with Crippen LogP contribution in [-0.2, 0) is 16.2 Å². The quantitative estimate of drug-likeness (QED) is 0.105. The third kappa shape index (κ3) is 8.37. The van der Waals surface area contributed by atoms with Crippen molar-refractivity contribution in [1.82, 2.24) is 19.9 Å². The summed E-state index contributed by atoms with van der Waals surface area (Å²) in [6.45, 7) is 15.7. The second kappa shape index (κ2) is 19.0. The van der Waals surface area contributed by atoms with Crippen LogP contribution in [-0.4, -0.2) is 19.9 Å². The molecular weight excluding hydrogens is 1170 g/mol. The maximum atomic E-state index is 16.4. The average molecular weight is 1210 g/mol. The van der Waals surface area contributed by atoms with Crippen molar-refractivity contribution >= 4 is 62.3 Å². The third-order valence-corrected chi connectivity index (χ3v) is 15.4. The molecule has 3 aliphatic heterocycles. The molecule has 6 heterocycles. The topological polar surface area (TPSA) is 66.6 Å². The summed E-state index contributed by atoms with van der Waals surface area (Å²) in [6, 6.07) is 11.7. The molecule has 8 bridgehead atoms. The molecule has 0 fully saturated rings. The fourth-order valence-electron chi connectivity index (χ4n) is 10.4. The Labute approximate surface area is 464 Å². The van der Waals surface area contributed by atoms with E-state index < -0.39 is 165 Å². The van der Waals surface area contributed by atoms with Crippen LogP contribution < -0.4 is 4.74 Å². The molecule has 0 atom stereocenters. The van der Waals surface area contributed by atoms with Gasteiger partial charge in [0.15, 0.2) is 69.8 Å². The number of aromatic amines is 2. The summed E-state index contributed by atoms with van der Waals surface area (Å²) in [6.07, 6.45) is 4.03. The molecule has 11 rings (SSSR count). The number of H-pyrrole nitrogens is 2. The van der Waals surface area contributed by atoms with Gasteiger partial charge in [-0.15, -0.1) is 0 Å². The highest BCUT2D eigenvalue weighted by Gasteiger charge is 2.41. The lowest BCUT2D eigenvalue weighted by Gasteiger charge is -2.38. The van der Waals surface area contributed by atoms with Gasteiger partial charge in [-0.3, -0.25) is 0 Å². The summed E-state index contributed by atoms with van der Waals surface area (Å²) in [5, 5.41) is 0. The summed E-state index contributed by atoms with van der Waals surface area (Å²) >= 11 is 3.71. The number of hydrogen-bond donors (Lipinski definition) is 2. The average Bonchev–Trinajstić information content (AvgIpc) is 3.26. The first-order valence-electron chi connectivity index (χ1n) is 24.8. The van der Waals surface area contributed by atoms with Crippen molar-refractivity contribution in [2.75, 3.05) is 0 Å². The zero-order valence-electron chi connectivity index (χ0n) is 43.8. The van der Waals surface area contributed by atoms with E-state index in [1.165, 1.54) is 12.1 Å². The number of nitrogens with zero attached hydrogens (tertiary/aromatic N) is 2. The number of ether oxygens (including phenoxy) is 1. The summed E-state index contributed by atoms with van der Waals surface area (Å²) < 4.78 is 242. The molecule has 420 valence electrons. The maximum absolute atomic E-state index is 16.4. The van der Waals surface area contributed by atoms with Gasteiger partial charge in [-0.2, -0.15) is 0 Å². The predicted molar refractivity (Wildman–Crippen MR) is 284 cm³/mol. The monoisotopic (exact) mass is 1210 g/mol. The van der Waals surface area contributed by atoms with Gasteiger partial charge in [-0.1, -0.05) is 67.5 Å². The molecule has 8 aromatic rings. The van der Waals surface area contributed by atoms with Gasteiger partial charge < -0.3 is 14.7 Å². The molecule has 0 radical (unpaired) electrons.